The highest BCUT2D eigenvalue weighted by Gasteiger charge is 2.35. The largest absolute Gasteiger partial charge is 0.481 e. The van der Waals surface area contributed by atoms with Crippen LogP contribution in [-0.4, -0.2) is 45.5 Å². The number of nitrogens with one attached hydrogen (secondary N) is 2. The lowest BCUT2D eigenvalue weighted by Crippen LogP contribution is -2.40. The zero-order valence-corrected chi connectivity index (χ0v) is 19.2. The van der Waals surface area contributed by atoms with E-state index >= 15 is 0 Å². The Hall–Kier alpha value is -4.14. The van der Waals surface area contributed by atoms with Gasteiger partial charge in [-0.05, 0) is 35.1 Å². The second-order valence-electron chi connectivity index (χ2n) is 8.97. The van der Waals surface area contributed by atoms with Crippen LogP contribution in [0.4, 0.5) is 10.5 Å². The van der Waals surface area contributed by atoms with E-state index in [1.54, 1.807) is 7.05 Å². The molecule has 0 unspecified atom stereocenters. The van der Waals surface area contributed by atoms with E-state index in [-0.39, 0.29) is 23.9 Å². The Morgan fingerprint density at radius 1 is 1.06 bits per heavy atom. The van der Waals surface area contributed by atoms with E-state index in [0.29, 0.717) is 12.8 Å². The number of anilines is 1. The molecule has 0 aliphatic heterocycles. The smallest absolute Gasteiger partial charge is 0.411 e. The predicted molar refractivity (Wildman–Crippen MR) is 128 cm³/mol. The maximum absolute atomic E-state index is 12.9. The average Bonchev–Trinajstić information content (AvgIpc) is 3.53. The number of carbonyl (C=O) groups excluding carboxylic acids is 2. The van der Waals surface area contributed by atoms with E-state index in [0.717, 1.165) is 28.7 Å². The van der Waals surface area contributed by atoms with E-state index in [1.807, 2.05) is 36.4 Å². The predicted octanol–water partition coefficient (Wildman–Crippen LogP) is 3.76. The summed E-state index contributed by atoms with van der Waals surface area (Å²) in [4.78, 5) is 37.0. The maximum atomic E-state index is 12.9. The van der Waals surface area contributed by atoms with Crippen molar-refractivity contribution in [3.63, 3.8) is 0 Å². The first-order valence-corrected chi connectivity index (χ1v) is 11.6. The Kier molecular flexibility index (Phi) is 5.98. The van der Waals surface area contributed by atoms with Gasteiger partial charge in [0.05, 0.1) is 11.6 Å². The molecule has 1 aromatic heterocycles. The molecular formula is C26H26N4O5. The van der Waals surface area contributed by atoms with Gasteiger partial charge in [0, 0.05) is 25.2 Å². The first kappa shape index (κ1) is 22.6. The van der Waals surface area contributed by atoms with Crippen molar-refractivity contribution in [1.82, 2.24) is 15.1 Å². The Labute approximate surface area is 202 Å². The van der Waals surface area contributed by atoms with Gasteiger partial charge in [-0.3, -0.25) is 19.6 Å². The third-order valence-electron chi connectivity index (χ3n) is 6.77. The molecule has 1 fully saturated rings. The number of hydrogen-bond donors (Lipinski definition) is 3. The molecule has 1 saturated carbocycles. The summed E-state index contributed by atoms with van der Waals surface area (Å²) in [5.74, 6) is -2.16. The topological polar surface area (TPSA) is 123 Å². The van der Waals surface area contributed by atoms with Crippen LogP contribution >= 0.6 is 0 Å². The van der Waals surface area contributed by atoms with Crippen LogP contribution < -0.4 is 10.6 Å². The number of aryl methyl sites for hydroxylation is 1. The number of nitrogens with zero attached hydrogens (tertiary/aromatic N) is 2. The number of hydrogen-bond acceptors (Lipinski definition) is 5. The normalized spacial score (nSPS) is 18.5. The molecule has 0 bridgehead atoms. The highest BCUT2D eigenvalue weighted by atomic mass is 16.5. The molecule has 2 atom stereocenters. The van der Waals surface area contributed by atoms with Crippen LogP contribution in [0, 0.1) is 5.92 Å². The van der Waals surface area contributed by atoms with Gasteiger partial charge in [-0.2, -0.15) is 5.10 Å². The van der Waals surface area contributed by atoms with Gasteiger partial charge in [-0.25, -0.2) is 4.79 Å². The molecule has 2 aliphatic rings. The zero-order chi connectivity index (χ0) is 24.5. The molecule has 5 rings (SSSR count). The average molecular weight is 475 g/mol. The van der Waals surface area contributed by atoms with Crippen LogP contribution in [0.2, 0.25) is 0 Å². The molecule has 0 saturated heterocycles. The van der Waals surface area contributed by atoms with Gasteiger partial charge in [-0.15, -0.1) is 0 Å². The number of fused-ring (bicyclic) bond motifs is 3. The van der Waals surface area contributed by atoms with Crippen LogP contribution in [0.25, 0.3) is 11.1 Å². The summed E-state index contributed by atoms with van der Waals surface area (Å²) in [6.45, 7) is 0.143. The minimum atomic E-state index is -0.925. The van der Waals surface area contributed by atoms with Gasteiger partial charge in [0.2, 0.25) is 0 Å². The summed E-state index contributed by atoms with van der Waals surface area (Å²) < 4.78 is 6.99. The lowest BCUT2D eigenvalue weighted by molar-refractivity contribution is -0.142. The number of ether oxygens (including phenoxy) is 1. The molecule has 1 heterocycles. The van der Waals surface area contributed by atoms with Crippen molar-refractivity contribution < 1.29 is 24.2 Å². The highest BCUT2D eigenvalue weighted by Crippen LogP contribution is 2.44. The van der Waals surface area contributed by atoms with Crippen molar-refractivity contribution in [2.45, 2.75) is 31.2 Å². The van der Waals surface area contributed by atoms with Crippen LogP contribution in [0.15, 0.2) is 54.7 Å². The van der Waals surface area contributed by atoms with Crippen molar-refractivity contribution in [3.8, 4) is 11.1 Å². The van der Waals surface area contributed by atoms with Gasteiger partial charge in [0.25, 0.3) is 5.91 Å². The number of carboxylic acids is 1. The lowest BCUT2D eigenvalue weighted by atomic mass is 9.98. The molecule has 2 amide bonds. The molecule has 180 valence electrons. The minimum absolute atomic E-state index is 0.0112. The number of rotatable bonds is 6. The SMILES string of the molecule is Cn1cc(NC(=O)OCC2c3ccccc3-c3ccccc32)c(C(=O)N[C@H]2CCC[C@H]2C(=O)O)n1. The van der Waals surface area contributed by atoms with Gasteiger partial charge in [-0.1, -0.05) is 55.0 Å². The Bertz CT molecular complexity index is 1250. The third-order valence-corrected chi connectivity index (χ3v) is 6.77. The molecular weight excluding hydrogens is 448 g/mol. The summed E-state index contributed by atoms with van der Waals surface area (Å²) in [6.07, 6.45) is 2.66. The Balaban J connectivity index is 1.26. The van der Waals surface area contributed by atoms with Crippen molar-refractivity contribution in [3.05, 3.63) is 71.5 Å². The zero-order valence-electron chi connectivity index (χ0n) is 19.2. The lowest BCUT2D eigenvalue weighted by Gasteiger charge is -2.17. The molecule has 2 aliphatic carbocycles. The molecule has 9 nitrogen and oxygen atoms in total. The standard InChI is InChI=1S/C26H26N4O5/c1-30-13-22(23(29-30)24(31)27-21-12-6-11-19(21)25(32)33)28-26(34)35-14-20-17-9-4-2-7-15(17)16-8-3-5-10-18(16)20/h2-5,7-10,13,19-21H,6,11-12,14H2,1H3,(H,27,31)(H,28,34)(H,32,33)/t19-,21+/m1/s1. The van der Waals surface area contributed by atoms with Crippen LogP contribution in [0.1, 0.15) is 46.8 Å². The summed E-state index contributed by atoms with van der Waals surface area (Å²) >= 11 is 0. The van der Waals surface area contributed by atoms with Crippen LogP contribution in [-0.2, 0) is 16.6 Å². The molecule has 2 aromatic carbocycles. The second-order valence-corrected chi connectivity index (χ2v) is 8.97. The summed E-state index contributed by atoms with van der Waals surface area (Å²) in [5.41, 5.74) is 4.69. The van der Waals surface area contributed by atoms with Gasteiger partial charge in [0.15, 0.2) is 5.69 Å². The van der Waals surface area contributed by atoms with Crippen LogP contribution in [0.5, 0.6) is 0 Å². The fourth-order valence-corrected chi connectivity index (χ4v) is 5.16. The van der Waals surface area contributed by atoms with E-state index in [4.69, 9.17) is 4.74 Å². The first-order chi connectivity index (χ1) is 16.9. The number of aliphatic carboxylic acids is 1. The molecule has 0 radical (unpaired) electrons. The first-order valence-electron chi connectivity index (χ1n) is 11.6. The second kappa shape index (κ2) is 9.25. The molecule has 0 spiro atoms. The third kappa shape index (κ3) is 4.37. The summed E-state index contributed by atoms with van der Waals surface area (Å²) in [7, 11) is 1.63. The Morgan fingerprint density at radius 3 is 2.37 bits per heavy atom. The van der Waals surface area contributed by atoms with Gasteiger partial charge < -0.3 is 15.2 Å². The van der Waals surface area contributed by atoms with Gasteiger partial charge in [0.1, 0.15) is 6.61 Å². The number of benzene rings is 2. The van der Waals surface area contributed by atoms with E-state index in [2.05, 4.69) is 27.9 Å². The van der Waals surface area contributed by atoms with Crippen molar-refractivity contribution >= 4 is 23.7 Å². The monoisotopic (exact) mass is 474 g/mol. The fourth-order valence-electron chi connectivity index (χ4n) is 5.16. The van der Waals surface area contributed by atoms with Crippen molar-refractivity contribution in [2.75, 3.05) is 11.9 Å². The van der Waals surface area contributed by atoms with Crippen LogP contribution in [0.3, 0.4) is 0 Å². The Morgan fingerprint density at radius 2 is 1.71 bits per heavy atom. The number of aromatic nitrogens is 2. The van der Waals surface area contributed by atoms with E-state index in [9.17, 15) is 19.5 Å². The summed E-state index contributed by atoms with van der Waals surface area (Å²) in [5, 5.41) is 18.9. The molecule has 3 N–H and O–H groups in total. The highest BCUT2D eigenvalue weighted by molar-refractivity contribution is 6.01. The fraction of sp³-hybridized carbons (Fsp3) is 0.308. The number of amides is 2. The van der Waals surface area contributed by atoms with Crippen molar-refractivity contribution in [2.24, 2.45) is 13.0 Å². The van der Waals surface area contributed by atoms with Gasteiger partial charge >= 0.3 is 12.1 Å². The molecule has 35 heavy (non-hydrogen) atoms. The maximum Gasteiger partial charge on any atom is 0.411 e. The number of carboxylic acid groups (broad SMARTS) is 1. The number of carbonyl (C=O) groups is 3. The molecule has 3 aromatic rings. The van der Waals surface area contributed by atoms with Crippen molar-refractivity contribution in [1.29, 1.82) is 0 Å². The summed E-state index contributed by atoms with van der Waals surface area (Å²) in [6, 6.07) is 15.7. The van der Waals surface area contributed by atoms with E-state index in [1.165, 1.54) is 10.9 Å². The minimum Gasteiger partial charge on any atom is -0.481 e. The molecule has 9 heteroatoms. The quantitative estimate of drug-likeness (QED) is 0.500. The van der Waals surface area contributed by atoms with E-state index < -0.39 is 29.9 Å².